The van der Waals surface area contributed by atoms with Crippen LogP contribution in [0.15, 0.2) is 30.3 Å². The quantitative estimate of drug-likeness (QED) is 0.623. The molecule has 0 aliphatic rings. The fourth-order valence-corrected chi connectivity index (χ4v) is 2.36. The number of nitrogens with two attached hydrogens (primary N) is 1. The van der Waals surface area contributed by atoms with E-state index in [0.29, 0.717) is 6.42 Å². The normalized spacial score (nSPS) is 13.2. The molecule has 100 valence electrons. The molecule has 0 fully saturated rings. The number of benzene rings is 1. The topological polar surface area (TPSA) is 109 Å². The molecule has 1 aromatic carbocycles. The summed E-state index contributed by atoms with van der Waals surface area (Å²) in [5.41, 5.74) is 6.11. The van der Waals surface area contributed by atoms with Crippen LogP contribution in [-0.2, 0) is 21.2 Å². The first-order chi connectivity index (χ1) is 8.41. The summed E-state index contributed by atoms with van der Waals surface area (Å²) in [5.74, 6) is -1.33. The molecule has 0 aliphatic carbocycles. The second kappa shape index (κ2) is 6.48. The lowest BCUT2D eigenvalue weighted by atomic mass is 10.2. The number of aryl methyl sites for hydroxylation is 1. The van der Waals surface area contributed by atoms with Crippen molar-refractivity contribution in [2.24, 2.45) is 5.73 Å². The zero-order chi connectivity index (χ0) is 13.6. The molecule has 0 heterocycles. The number of hydrogen-bond acceptors (Lipinski definition) is 4. The van der Waals surface area contributed by atoms with Gasteiger partial charge in [0.15, 0.2) is 0 Å². The van der Waals surface area contributed by atoms with Crippen LogP contribution in [0.25, 0.3) is 0 Å². The van der Waals surface area contributed by atoms with Crippen LogP contribution in [0, 0.1) is 0 Å². The number of rotatable bonds is 7. The molecule has 0 aliphatic heterocycles. The van der Waals surface area contributed by atoms with E-state index in [1.54, 1.807) is 0 Å². The van der Waals surface area contributed by atoms with Gasteiger partial charge in [-0.2, -0.15) is 0 Å². The van der Waals surface area contributed by atoms with Crippen LogP contribution in [0.5, 0.6) is 0 Å². The van der Waals surface area contributed by atoms with Gasteiger partial charge in [0, 0.05) is 6.54 Å². The van der Waals surface area contributed by atoms with E-state index in [2.05, 4.69) is 4.72 Å². The van der Waals surface area contributed by atoms with Gasteiger partial charge in [0.2, 0.25) is 10.0 Å². The molecule has 0 radical (unpaired) electrons. The Morgan fingerprint density at radius 3 is 2.50 bits per heavy atom. The minimum absolute atomic E-state index is 0.0939. The van der Waals surface area contributed by atoms with Gasteiger partial charge in [-0.1, -0.05) is 30.3 Å². The molecular formula is C11H16N2O4S. The highest BCUT2D eigenvalue weighted by Gasteiger charge is 2.16. The molecule has 7 heteroatoms. The van der Waals surface area contributed by atoms with Gasteiger partial charge in [0.25, 0.3) is 0 Å². The predicted octanol–water partition coefficient (Wildman–Crippen LogP) is -0.440. The Morgan fingerprint density at radius 2 is 1.94 bits per heavy atom. The number of hydrogen-bond donors (Lipinski definition) is 3. The van der Waals surface area contributed by atoms with Crippen LogP contribution in [0.4, 0.5) is 0 Å². The van der Waals surface area contributed by atoms with Crippen molar-refractivity contribution in [1.29, 1.82) is 0 Å². The van der Waals surface area contributed by atoms with E-state index in [9.17, 15) is 13.2 Å². The summed E-state index contributed by atoms with van der Waals surface area (Å²) in [6.07, 6.45) is 0.373. The number of carboxylic acids is 1. The summed E-state index contributed by atoms with van der Waals surface area (Å²) < 4.78 is 25.3. The van der Waals surface area contributed by atoms with E-state index in [0.717, 1.165) is 5.56 Å². The zero-order valence-electron chi connectivity index (χ0n) is 9.74. The third-order valence-electron chi connectivity index (χ3n) is 2.34. The molecule has 0 saturated heterocycles. The smallest absolute Gasteiger partial charge is 0.321 e. The number of sulfonamides is 1. The third-order valence-corrected chi connectivity index (χ3v) is 3.69. The van der Waals surface area contributed by atoms with Crippen molar-refractivity contribution in [3.05, 3.63) is 35.9 Å². The zero-order valence-corrected chi connectivity index (χ0v) is 10.6. The van der Waals surface area contributed by atoms with Gasteiger partial charge in [-0.25, -0.2) is 13.1 Å². The van der Waals surface area contributed by atoms with E-state index >= 15 is 0 Å². The van der Waals surface area contributed by atoms with Crippen molar-refractivity contribution < 1.29 is 18.3 Å². The van der Waals surface area contributed by atoms with Gasteiger partial charge < -0.3 is 10.8 Å². The van der Waals surface area contributed by atoms with Gasteiger partial charge in [-0.3, -0.25) is 4.79 Å². The number of carbonyl (C=O) groups is 1. The van der Waals surface area contributed by atoms with Crippen LogP contribution in [0.2, 0.25) is 0 Å². The maximum atomic E-state index is 11.6. The van der Waals surface area contributed by atoms with Crippen molar-refractivity contribution in [2.45, 2.75) is 12.5 Å². The molecule has 1 aromatic rings. The molecule has 0 amide bonds. The van der Waals surface area contributed by atoms with E-state index in [1.165, 1.54) is 0 Å². The van der Waals surface area contributed by atoms with E-state index in [1.807, 2.05) is 30.3 Å². The van der Waals surface area contributed by atoms with Crippen LogP contribution < -0.4 is 10.5 Å². The monoisotopic (exact) mass is 272 g/mol. The van der Waals surface area contributed by atoms with Crippen molar-refractivity contribution in [3.63, 3.8) is 0 Å². The molecule has 18 heavy (non-hydrogen) atoms. The van der Waals surface area contributed by atoms with Gasteiger partial charge >= 0.3 is 5.97 Å². The number of carboxylic acid groups (broad SMARTS) is 1. The molecule has 1 atom stereocenters. The Morgan fingerprint density at radius 1 is 1.33 bits per heavy atom. The van der Waals surface area contributed by atoms with Crippen LogP contribution in [-0.4, -0.2) is 37.8 Å². The van der Waals surface area contributed by atoms with E-state index < -0.39 is 22.0 Å². The minimum atomic E-state index is -3.50. The lowest BCUT2D eigenvalue weighted by molar-refractivity contribution is -0.138. The SMILES string of the molecule is NC(CNS(=O)(=O)CCc1ccccc1)C(=O)O. The van der Waals surface area contributed by atoms with Crippen LogP contribution in [0.3, 0.4) is 0 Å². The predicted molar refractivity (Wildman–Crippen MR) is 67.5 cm³/mol. The first kappa shape index (κ1) is 14.6. The van der Waals surface area contributed by atoms with Gasteiger partial charge in [0.1, 0.15) is 6.04 Å². The maximum absolute atomic E-state index is 11.6. The highest BCUT2D eigenvalue weighted by atomic mass is 32.2. The van der Waals surface area contributed by atoms with Gasteiger partial charge in [-0.15, -0.1) is 0 Å². The van der Waals surface area contributed by atoms with E-state index in [-0.39, 0.29) is 12.3 Å². The number of aliphatic carboxylic acids is 1. The van der Waals surface area contributed by atoms with Gasteiger partial charge in [0.05, 0.1) is 5.75 Å². The standard InChI is InChI=1S/C11H16N2O4S/c12-10(11(14)15)8-13-18(16,17)7-6-9-4-2-1-3-5-9/h1-5,10,13H,6-8,12H2,(H,14,15). The average Bonchev–Trinajstić information content (AvgIpc) is 2.35. The van der Waals surface area contributed by atoms with Crippen molar-refractivity contribution in [1.82, 2.24) is 4.72 Å². The maximum Gasteiger partial charge on any atom is 0.321 e. The summed E-state index contributed by atoms with van der Waals surface area (Å²) in [5, 5.41) is 8.53. The average molecular weight is 272 g/mol. The largest absolute Gasteiger partial charge is 0.480 e. The fourth-order valence-electron chi connectivity index (χ4n) is 1.27. The highest BCUT2D eigenvalue weighted by molar-refractivity contribution is 7.89. The van der Waals surface area contributed by atoms with Crippen molar-refractivity contribution >= 4 is 16.0 Å². The fraction of sp³-hybridized carbons (Fsp3) is 0.364. The Labute approximate surface area is 106 Å². The molecule has 1 unspecified atom stereocenters. The number of nitrogens with one attached hydrogen (secondary N) is 1. The Balaban J connectivity index is 2.43. The third kappa shape index (κ3) is 5.26. The van der Waals surface area contributed by atoms with E-state index in [4.69, 9.17) is 10.8 Å². The molecule has 0 spiro atoms. The molecule has 1 rings (SSSR count). The molecule has 6 nitrogen and oxygen atoms in total. The summed E-state index contributed by atoms with van der Waals surface area (Å²) in [6, 6.07) is 7.95. The van der Waals surface area contributed by atoms with Crippen molar-refractivity contribution in [2.75, 3.05) is 12.3 Å². The van der Waals surface area contributed by atoms with Gasteiger partial charge in [-0.05, 0) is 12.0 Å². The molecular weight excluding hydrogens is 256 g/mol. The highest BCUT2D eigenvalue weighted by Crippen LogP contribution is 2.01. The minimum Gasteiger partial charge on any atom is -0.480 e. The summed E-state index contributed by atoms with van der Waals surface area (Å²) in [6.45, 7) is -0.299. The molecule has 4 N–H and O–H groups in total. The molecule has 0 bridgehead atoms. The Hall–Kier alpha value is -1.44. The first-order valence-corrected chi connectivity index (χ1v) is 7.05. The summed E-state index contributed by atoms with van der Waals surface area (Å²) in [4.78, 5) is 10.4. The molecule has 0 saturated carbocycles. The summed E-state index contributed by atoms with van der Waals surface area (Å²) in [7, 11) is -3.50. The second-order valence-electron chi connectivity index (χ2n) is 3.85. The lowest BCUT2D eigenvalue weighted by Gasteiger charge is -2.09. The molecule has 0 aromatic heterocycles. The Kier molecular flexibility index (Phi) is 5.26. The summed E-state index contributed by atoms with van der Waals surface area (Å²) >= 11 is 0. The van der Waals surface area contributed by atoms with Crippen molar-refractivity contribution in [3.8, 4) is 0 Å². The lowest BCUT2D eigenvalue weighted by Crippen LogP contribution is -2.43. The first-order valence-electron chi connectivity index (χ1n) is 5.40. The van der Waals surface area contributed by atoms with Crippen LogP contribution in [0.1, 0.15) is 5.56 Å². The second-order valence-corrected chi connectivity index (χ2v) is 5.77. The van der Waals surface area contributed by atoms with Crippen LogP contribution >= 0.6 is 0 Å². The Bertz CT molecular complexity index is 487.